The van der Waals surface area contributed by atoms with Crippen molar-refractivity contribution in [3.63, 3.8) is 0 Å². The smallest absolute Gasteiger partial charge is 0.305 e. The molecule has 5 N–H and O–H groups in total. The minimum atomic E-state index is -0.871. The zero-order valence-electron chi connectivity index (χ0n) is 20.1. The summed E-state index contributed by atoms with van der Waals surface area (Å²) < 4.78 is 0. The van der Waals surface area contributed by atoms with Gasteiger partial charge in [-0.25, -0.2) is 0 Å². The van der Waals surface area contributed by atoms with Crippen LogP contribution in [-0.4, -0.2) is 35.2 Å². The minimum Gasteiger partial charge on any atom is -0.481 e. The molecule has 36 heavy (non-hydrogen) atoms. The number of aryl methyl sites for hydroxylation is 1. The van der Waals surface area contributed by atoms with E-state index in [4.69, 9.17) is 17.3 Å². The maximum atomic E-state index is 13.3. The molecule has 0 spiro atoms. The number of hydrogen-bond donors (Lipinski definition) is 5. The molecule has 0 saturated carbocycles. The summed E-state index contributed by atoms with van der Waals surface area (Å²) in [4.78, 5) is 24.0. The highest BCUT2D eigenvalue weighted by molar-refractivity contribution is 7.80. The lowest BCUT2D eigenvalue weighted by molar-refractivity contribution is -0.136. The lowest BCUT2D eigenvalue weighted by atomic mass is 9.99. The van der Waals surface area contributed by atoms with E-state index in [1.807, 2.05) is 78.9 Å². The third-order valence-electron chi connectivity index (χ3n) is 5.53. The maximum absolute atomic E-state index is 13.3. The Morgan fingerprint density at radius 2 is 1.39 bits per heavy atom. The van der Waals surface area contributed by atoms with Crippen LogP contribution in [0.3, 0.4) is 0 Å². The standard InChI is InChI=1S/C28H32N4O3S/c33-25(34)16-18-30-28(36)29-17-8-14-23-13-7-15-24(31-19-21-9-3-1-4-10-21)26(23)27(35)32-20-22-11-5-2-6-12-22/h1-7,9-13,15,31H,8,14,16-20H2,(H,32,35)(H,33,34)(H2,29,30,36). The van der Waals surface area contributed by atoms with Gasteiger partial charge in [0.15, 0.2) is 5.11 Å². The number of carboxylic acids is 1. The first-order chi connectivity index (χ1) is 17.5. The predicted octanol–water partition coefficient (Wildman–Crippen LogP) is 4.10. The Kier molecular flexibility index (Phi) is 10.7. The topological polar surface area (TPSA) is 102 Å². The number of hydrogen-bond acceptors (Lipinski definition) is 4. The van der Waals surface area contributed by atoms with Crippen molar-refractivity contribution in [1.82, 2.24) is 16.0 Å². The van der Waals surface area contributed by atoms with Crippen LogP contribution in [0, 0.1) is 0 Å². The van der Waals surface area contributed by atoms with E-state index < -0.39 is 5.97 Å². The number of thiocarbonyl (C=S) groups is 1. The van der Waals surface area contributed by atoms with E-state index in [0.717, 1.165) is 28.8 Å². The molecule has 0 heterocycles. The molecule has 0 aliphatic heterocycles. The van der Waals surface area contributed by atoms with Crippen LogP contribution in [0.15, 0.2) is 78.9 Å². The van der Waals surface area contributed by atoms with Crippen molar-refractivity contribution >= 4 is 34.9 Å². The Morgan fingerprint density at radius 3 is 2.06 bits per heavy atom. The van der Waals surface area contributed by atoms with Crippen molar-refractivity contribution in [2.45, 2.75) is 32.4 Å². The number of benzene rings is 3. The monoisotopic (exact) mass is 504 g/mol. The number of anilines is 1. The van der Waals surface area contributed by atoms with E-state index in [0.29, 0.717) is 36.7 Å². The van der Waals surface area contributed by atoms with E-state index in [9.17, 15) is 9.59 Å². The first kappa shape index (κ1) is 26.7. The lowest BCUT2D eigenvalue weighted by Crippen LogP contribution is -2.37. The van der Waals surface area contributed by atoms with Gasteiger partial charge in [-0.15, -0.1) is 0 Å². The molecule has 1 amide bonds. The van der Waals surface area contributed by atoms with E-state index in [2.05, 4.69) is 21.3 Å². The van der Waals surface area contributed by atoms with Crippen molar-refractivity contribution < 1.29 is 14.7 Å². The molecule has 3 aromatic carbocycles. The number of amides is 1. The molecule has 3 rings (SSSR count). The van der Waals surface area contributed by atoms with E-state index >= 15 is 0 Å². The minimum absolute atomic E-state index is 0.00600. The van der Waals surface area contributed by atoms with Gasteiger partial charge in [0.05, 0.1) is 12.0 Å². The molecular formula is C28H32N4O3S. The van der Waals surface area contributed by atoms with Gasteiger partial charge in [0.2, 0.25) is 0 Å². The Bertz CT molecular complexity index is 1140. The summed E-state index contributed by atoms with van der Waals surface area (Å²) >= 11 is 5.20. The Hall–Kier alpha value is -3.91. The lowest BCUT2D eigenvalue weighted by Gasteiger charge is -2.17. The molecule has 8 heteroatoms. The van der Waals surface area contributed by atoms with Gasteiger partial charge < -0.3 is 26.4 Å². The van der Waals surface area contributed by atoms with Gasteiger partial charge in [0.1, 0.15) is 0 Å². The van der Waals surface area contributed by atoms with Gasteiger partial charge >= 0.3 is 5.97 Å². The average Bonchev–Trinajstić information content (AvgIpc) is 2.89. The summed E-state index contributed by atoms with van der Waals surface area (Å²) in [6, 6.07) is 25.8. The predicted molar refractivity (Wildman–Crippen MR) is 147 cm³/mol. The summed E-state index contributed by atoms with van der Waals surface area (Å²) in [5.41, 5.74) is 4.55. The van der Waals surface area contributed by atoms with Gasteiger partial charge in [-0.2, -0.15) is 0 Å². The first-order valence-corrected chi connectivity index (χ1v) is 12.4. The van der Waals surface area contributed by atoms with Crippen LogP contribution >= 0.6 is 12.2 Å². The Morgan fingerprint density at radius 1 is 0.750 bits per heavy atom. The zero-order chi connectivity index (χ0) is 25.6. The van der Waals surface area contributed by atoms with Crippen LogP contribution in [-0.2, 0) is 24.3 Å². The largest absolute Gasteiger partial charge is 0.481 e. The van der Waals surface area contributed by atoms with Crippen molar-refractivity contribution in [2.24, 2.45) is 0 Å². The maximum Gasteiger partial charge on any atom is 0.305 e. The van der Waals surface area contributed by atoms with Crippen molar-refractivity contribution in [3.8, 4) is 0 Å². The summed E-state index contributed by atoms with van der Waals surface area (Å²) in [6.07, 6.45) is 1.44. The molecule has 0 aliphatic carbocycles. The molecule has 3 aromatic rings. The highest BCUT2D eigenvalue weighted by Gasteiger charge is 2.16. The SMILES string of the molecule is O=C(O)CCNC(=S)NCCCc1cccc(NCc2ccccc2)c1C(=O)NCc1ccccc1. The molecule has 7 nitrogen and oxygen atoms in total. The molecular weight excluding hydrogens is 472 g/mol. The second kappa shape index (κ2) is 14.5. The fraction of sp³-hybridized carbons (Fsp3) is 0.250. The molecule has 188 valence electrons. The first-order valence-electron chi connectivity index (χ1n) is 12.0. The van der Waals surface area contributed by atoms with Crippen LogP contribution in [0.5, 0.6) is 0 Å². The molecule has 0 atom stereocenters. The van der Waals surface area contributed by atoms with Gasteiger partial charge in [0.25, 0.3) is 5.91 Å². The van der Waals surface area contributed by atoms with Crippen LogP contribution < -0.4 is 21.3 Å². The van der Waals surface area contributed by atoms with Crippen molar-refractivity contribution in [1.29, 1.82) is 0 Å². The summed E-state index contributed by atoms with van der Waals surface area (Å²) in [5.74, 6) is -0.993. The van der Waals surface area contributed by atoms with Gasteiger partial charge in [-0.05, 0) is 47.8 Å². The molecule has 0 bridgehead atoms. The third kappa shape index (κ3) is 9.03. The van der Waals surface area contributed by atoms with Gasteiger partial charge in [0, 0.05) is 31.9 Å². The van der Waals surface area contributed by atoms with Crippen LogP contribution in [0.25, 0.3) is 0 Å². The van der Waals surface area contributed by atoms with E-state index in [-0.39, 0.29) is 18.9 Å². The number of carbonyl (C=O) groups is 2. The highest BCUT2D eigenvalue weighted by atomic mass is 32.1. The number of nitrogens with one attached hydrogen (secondary N) is 4. The Balaban J connectivity index is 1.65. The molecule has 0 aromatic heterocycles. The number of carbonyl (C=O) groups excluding carboxylic acids is 1. The second-order valence-corrected chi connectivity index (χ2v) is 8.69. The molecule has 0 fully saturated rings. The van der Waals surface area contributed by atoms with Gasteiger partial charge in [-0.1, -0.05) is 72.8 Å². The zero-order valence-corrected chi connectivity index (χ0v) is 20.9. The van der Waals surface area contributed by atoms with Crippen LogP contribution in [0.1, 0.15) is 39.9 Å². The summed E-state index contributed by atoms with van der Waals surface area (Å²) in [6.45, 7) is 1.94. The molecule has 0 radical (unpaired) electrons. The van der Waals surface area contributed by atoms with Crippen molar-refractivity contribution in [2.75, 3.05) is 18.4 Å². The number of rotatable bonds is 13. The molecule has 0 saturated heterocycles. The van der Waals surface area contributed by atoms with E-state index in [1.54, 1.807) is 0 Å². The quantitative estimate of drug-likeness (QED) is 0.176. The highest BCUT2D eigenvalue weighted by Crippen LogP contribution is 2.23. The van der Waals surface area contributed by atoms with Crippen molar-refractivity contribution in [3.05, 3.63) is 101 Å². The van der Waals surface area contributed by atoms with Crippen LogP contribution in [0.2, 0.25) is 0 Å². The number of aliphatic carboxylic acids is 1. The second-order valence-electron chi connectivity index (χ2n) is 8.28. The third-order valence-corrected chi connectivity index (χ3v) is 5.82. The van der Waals surface area contributed by atoms with Gasteiger partial charge in [-0.3, -0.25) is 9.59 Å². The summed E-state index contributed by atoms with van der Waals surface area (Å²) in [7, 11) is 0. The number of carboxylic acid groups (broad SMARTS) is 1. The average molecular weight is 505 g/mol. The fourth-order valence-corrected chi connectivity index (χ4v) is 3.91. The Labute approximate surface area is 217 Å². The summed E-state index contributed by atoms with van der Waals surface area (Å²) in [5, 5.41) is 21.6. The molecule has 0 aliphatic rings. The van der Waals surface area contributed by atoms with E-state index in [1.165, 1.54) is 0 Å². The van der Waals surface area contributed by atoms with Crippen LogP contribution in [0.4, 0.5) is 5.69 Å². The molecule has 0 unspecified atom stereocenters. The normalized spacial score (nSPS) is 10.3. The fourth-order valence-electron chi connectivity index (χ4n) is 3.71.